The first-order valence-electron chi connectivity index (χ1n) is 2.92. The van der Waals surface area contributed by atoms with Gasteiger partial charge < -0.3 is 4.55 Å². The molecular formula is C6H4BrO3S2-. The minimum absolute atomic E-state index is 0.111. The highest BCUT2D eigenvalue weighted by Gasteiger charge is 2.11. The second-order valence-corrected chi connectivity index (χ2v) is 4.53. The molecule has 1 aromatic rings. The molecule has 0 fully saturated rings. The first-order valence-corrected chi connectivity index (χ1v) is 6.00. The van der Waals surface area contributed by atoms with E-state index in [2.05, 4.69) is 15.9 Å². The highest BCUT2D eigenvalue weighted by atomic mass is 79.9. The van der Waals surface area contributed by atoms with Crippen molar-refractivity contribution in [2.75, 3.05) is 5.33 Å². The molecule has 66 valence electrons. The molecule has 0 radical (unpaired) electrons. The van der Waals surface area contributed by atoms with Crippen LogP contribution in [0.5, 0.6) is 0 Å². The van der Waals surface area contributed by atoms with Crippen LogP contribution in [-0.2, 0) is 11.1 Å². The molecule has 6 heteroatoms. The molecule has 0 aliphatic heterocycles. The molecule has 0 aliphatic carbocycles. The minimum atomic E-state index is -2.30. The predicted octanol–water partition coefficient (Wildman–Crippen LogP) is 1.56. The topological polar surface area (TPSA) is 57.2 Å². The quantitative estimate of drug-likeness (QED) is 0.475. The maximum Gasteiger partial charge on any atom is 0.175 e. The molecule has 0 saturated carbocycles. The Balaban J connectivity index is 3.07. The van der Waals surface area contributed by atoms with E-state index >= 15 is 0 Å². The van der Waals surface area contributed by atoms with Crippen LogP contribution in [0.25, 0.3) is 0 Å². The van der Waals surface area contributed by atoms with Gasteiger partial charge in [0.1, 0.15) is 0 Å². The molecule has 0 aromatic carbocycles. The fourth-order valence-electron chi connectivity index (χ4n) is 0.703. The van der Waals surface area contributed by atoms with Crippen molar-refractivity contribution in [3.05, 3.63) is 17.0 Å². The highest BCUT2D eigenvalue weighted by molar-refractivity contribution is 9.09. The van der Waals surface area contributed by atoms with Gasteiger partial charge in [0, 0.05) is 5.56 Å². The lowest BCUT2D eigenvalue weighted by molar-refractivity contribution is 0.102. The Labute approximate surface area is 84.2 Å². The van der Waals surface area contributed by atoms with Crippen molar-refractivity contribution in [3.63, 3.8) is 0 Å². The number of hydrogen-bond acceptors (Lipinski definition) is 4. The number of alkyl halides is 1. The van der Waals surface area contributed by atoms with E-state index in [9.17, 15) is 13.6 Å². The summed E-state index contributed by atoms with van der Waals surface area (Å²) >= 11 is 1.72. The van der Waals surface area contributed by atoms with Gasteiger partial charge in [-0.05, 0) is 22.5 Å². The van der Waals surface area contributed by atoms with Crippen LogP contribution in [0.4, 0.5) is 0 Å². The van der Waals surface area contributed by atoms with E-state index in [4.69, 9.17) is 0 Å². The van der Waals surface area contributed by atoms with Crippen LogP contribution in [0, 0.1) is 0 Å². The number of ketones is 1. The number of Topliss-reactive ketones (excluding diaryl/α,β-unsaturated/α-hetero) is 1. The lowest BCUT2D eigenvalue weighted by atomic mass is 10.2. The molecule has 1 unspecified atom stereocenters. The van der Waals surface area contributed by atoms with Gasteiger partial charge in [-0.25, -0.2) is 0 Å². The summed E-state index contributed by atoms with van der Waals surface area (Å²) in [5.74, 6) is -0.213. The Morgan fingerprint density at radius 2 is 2.42 bits per heavy atom. The van der Waals surface area contributed by atoms with Crippen LogP contribution in [0.3, 0.4) is 0 Å². The van der Waals surface area contributed by atoms with Crippen LogP contribution >= 0.6 is 27.3 Å². The fraction of sp³-hybridized carbons (Fsp3) is 0.167. The largest absolute Gasteiger partial charge is 0.768 e. The van der Waals surface area contributed by atoms with E-state index in [0.717, 1.165) is 11.3 Å². The lowest BCUT2D eigenvalue weighted by Gasteiger charge is -2.03. The van der Waals surface area contributed by atoms with Crippen LogP contribution in [0.1, 0.15) is 10.4 Å². The van der Waals surface area contributed by atoms with Gasteiger partial charge in [0.2, 0.25) is 0 Å². The summed E-state index contributed by atoms with van der Waals surface area (Å²) in [4.78, 5) is 11.1. The van der Waals surface area contributed by atoms with E-state index < -0.39 is 11.1 Å². The summed E-state index contributed by atoms with van der Waals surface area (Å²) in [7, 11) is 0. The van der Waals surface area contributed by atoms with Crippen molar-refractivity contribution in [2.45, 2.75) is 4.21 Å². The molecule has 1 heterocycles. The number of hydrogen-bond donors (Lipinski definition) is 0. The Morgan fingerprint density at radius 1 is 1.75 bits per heavy atom. The molecule has 3 nitrogen and oxygen atoms in total. The van der Waals surface area contributed by atoms with Gasteiger partial charge in [0.05, 0.1) is 9.54 Å². The van der Waals surface area contributed by atoms with E-state index in [0.29, 0.717) is 0 Å². The maximum atomic E-state index is 11.1. The number of halogens is 1. The number of thiophene rings is 1. The molecule has 0 N–H and O–H groups in total. The Hall–Kier alpha value is -0.0400. The standard InChI is InChI=1S/C6H5BrO3S2/c7-3-5(8)4-1-2-11-6(4)12(9)10/h1-2H,3H2,(H,9,10)/p-1. The van der Waals surface area contributed by atoms with E-state index in [1.165, 1.54) is 6.07 Å². The first kappa shape index (κ1) is 10.0. The van der Waals surface area contributed by atoms with Gasteiger partial charge in [-0.15, -0.1) is 11.3 Å². The van der Waals surface area contributed by atoms with Crippen molar-refractivity contribution in [1.82, 2.24) is 0 Å². The van der Waals surface area contributed by atoms with E-state index in [1.807, 2.05) is 0 Å². The minimum Gasteiger partial charge on any atom is -0.768 e. The third-order valence-electron chi connectivity index (χ3n) is 1.20. The van der Waals surface area contributed by atoms with Gasteiger partial charge in [-0.3, -0.25) is 9.00 Å². The number of rotatable bonds is 3. The lowest BCUT2D eigenvalue weighted by Crippen LogP contribution is -2.02. The summed E-state index contributed by atoms with van der Waals surface area (Å²) in [5.41, 5.74) is 0.269. The predicted molar refractivity (Wildman–Crippen MR) is 49.6 cm³/mol. The Bertz CT molecular complexity index is 320. The van der Waals surface area contributed by atoms with Gasteiger partial charge in [-0.1, -0.05) is 15.9 Å². The molecule has 0 spiro atoms. The Morgan fingerprint density at radius 3 is 2.92 bits per heavy atom. The van der Waals surface area contributed by atoms with Crippen molar-refractivity contribution < 1.29 is 13.6 Å². The normalized spacial score (nSPS) is 12.8. The number of carbonyl (C=O) groups is 1. The van der Waals surface area contributed by atoms with Crippen LogP contribution in [0.2, 0.25) is 0 Å². The van der Waals surface area contributed by atoms with Gasteiger partial charge in [0.25, 0.3) is 0 Å². The third-order valence-corrected chi connectivity index (χ3v) is 3.64. The molecule has 1 atom stereocenters. The van der Waals surface area contributed by atoms with Gasteiger partial charge in [0.15, 0.2) is 5.78 Å². The van der Waals surface area contributed by atoms with Crippen LogP contribution in [0.15, 0.2) is 15.7 Å². The average Bonchev–Trinajstić information content (AvgIpc) is 2.50. The SMILES string of the molecule is O=C(CBr)c1ccsc1S(=O)[O-]. The highest BCUT2D eigenvalue weighted by Crippen LogP contribution is 2.20. The monoisotopic (exact) mass is 267 g/mol. The summed E-state index contributed by atoms with van der Waals surface area (Å²) in [5, 5.41) is 1.73. The smallest absolute Gasteiger partial charge is 0.175 e. The zero-order valence-corrected chi connectivity index (χ0v) is 9.00. The van der Waals surface area contributed by atoms with Crippen molar-refractivity contribution in [1.29, 1.82) is 0 Å². The molecule has 0 saturated heterocycles. The zero-order valence-electron chi connectivity index (χ0n) is 5.78. The molecule has 0 bridgehead atoms. The molecule has 0 aliphatic rings. The van der Waals surface area contributed by atoms with E-state index in [1.54, 1.807) is 5.38 Å². The molecule has 1 rings (SSSR count). The summed E-state index contributed by atoms with van der Waals surface area (Å²) in [6, 6.07) is 1.51. The van der Waals surface area contributed by atoms with Crippen molar-refractivity contribution in [2.24, 2.45) is 0 Å². The molecule has 1 aromatic heterocycles. The molecule has 0 amide bonds. The summed E-state index contributed by atoms with van der Waals surface area (Å²) < 4.78 is 21.2. The van der Waals surface area contributed by atoms with E-state index in [-0.39, 0.29) is 20.9 Å². The van der Waals surface area contributed by atoms with Crippen molar-refractivity contribution in [3.8, 4) is 0 Å². The van der Waals surface area contributed by atoms with Gasteiger partial charge >= 0.3 is 0 Å². The van der Waals surface area contributed by atoms with Crippen molar-refractivity contribution >= 4 is 44.1 Å². The van der Waals surface area contributed by atoms with Crippen LogP contribution in [-0.4, -0.2) is 19.9 Å². The first-order chi connectivity index (χ1) is 5.66. The second kappa shape index (κ2) is 4.27. The molecule has 12 heavy (non-hydrogen) atoms. The summed E-state index contributed by atoms with van der Waals surface area (Å²) in [6.45, 7) is 0. The second-order valence-electron chi connectivity index (χ2n) is 1.91. The average molecular weight is 268 g/mol. The maximum absolute atomic E-state index is 11.1. The Kier molecular flexibility index (Phi) is 3.57. The third kappa shape index (κ3) is 2.01. The van der Waals surface area contributed by atoms with Crippen LogP contribution < -0.4 is 0 Å². The summed E-state index contributed by atoms with van der Waals surface area (Å²) in [6.07, 6.45) is 0. The van der Waals surface area contributed by atoms with Gasteiger partial charge in [-0.2, -0.15) is 0 Å². The molecular weight excluding hydrogens is 264 g/mol. The fourth-order valence-corrected chi connectivity index (χ4v) is 2.48. The zero-order chi connectivity index (χ0) is 9.14. The number of carbonyl (C=O) groups excluding carboxylic acids is 1.